The number of amides is 1. The predicted molar refractivity (Wildman–Crippen MR) is 74.6 cm³/mol. The van der Waals surface area contributed by atoms with Crippen LogP contribution < -0.4 is 5.73 Å². The molecule has 2 N–H and O–H groups in total. The number of halogens is 1. The molecule has 102 valence electrons. The zero-order valence-corrected chi connectivity index (χ0v) is 12.1. The molecule has 0 aliphatic carbocycles. The van der Waals surface area contributed by atoms with Crippen molar-refractivity contribution in [3.63, 3.8) is 0 Å². The van der Waals surface area contributed by atoms with Crippen LogP contribution in [0.2, 0.25) is 0 Å². The van der Waals surface area contributed by atoms with Crippen molar-refractivity contribution in [1.82, 2.24) is 4.90 Å². The third kappa shape index (κ3) is 2.89. The fourth-order valence-corrected chi connectivity index (χ4v) is 2.80. The number of hydrogen-bond acceptors (Lipinski definition) is 4. The Hall–Kier alpha value is -1.56. The number of nitrogens with zero attached hydrogens (tertiary/aromatic N) is 1. The van der Waals surface area contributed by atoms with E-state index in [2.05, 4.69) is 15.9 Å². The summed E-state index contributed by atoms with van der Waals surface area (Å²) in [5, 5.41) is 0. The lowest BCUT2D eigenvalue weighted by molar-refractivity contribution is -0.145. The second kappa shape index (κ2) is 5.61. The summed E-state index contributed by atoms with van der Waals surface area (Å²) in [5.41, 5.74) is 6.70. The molecule has 6 heteroatoms. The number of esters is 1. The van der Waals surface area contributed by atoms with Gasteiger partial charge in [0.05, 0.1) is 7.11 Å². The van der Waals surface area contributed by atoms with Crippen LogP contribution >= 0.6 is 15.9 Å². The standard InChI is InChI=1S/C13H15BrN2O3/c1-19-13(18)11-3-2-4-16(11)12(17)8-5-9(14)7-10(15)6-8/h5-7,11H,2-4,15H2,1H3. The van der Waals surface area contributed by atoms with Crippen molar-refractivity contribution in [3.05, 3.63) is 28.2 Å². The number of ether oxygens (including phenoxy) is 1. The van der Waals surface area contributed by atoms with Gasteiger partial charge in [-0.1, -0.05) is 15.9 Å². The molecule has 1 fully saturated rings. The second-order valence-corrected chi connectivity index (χ2v) is 5.37. The molecule has 1 amide bonds. The van der Waals surface area contributed by atoms with Gasteiger partial charge in [0.2, 0.25) is 0 Å². The molecule has 1 atom stereocenters. The molecular weight excluding hydrogens is 312 g/mol. The number of nitrogens with two attached hydrogens (primary N) is 1. The minimum Gasteiger partial charge on any atom is -0.467 e. The average Bonchev–Trinajstić information content (AvgIpc) is 2.84. The van der Waals surface area contributed by atoms with E-state index in [4.69, 9.17) is 10.5 Å². The van der Waals surface area contributed by atoms with Crippen molar-refractivity contribution in [2.75, 3.05) is 19.4 Å². The molecule has 0 saturated carbocycles. The number of rotatable bonds is 2. The Morgan fingerprint density at radius 2 is 2.16 bits per heavy atom. The van der Waals surface area contributed by atoms with Gasteiger partial charge in [-0.2, -0.15) is 0 Å². The largest absolute Gasteiger partial charge is 0.467 e. The van der Waals surface area contributed by atoms with Crippen LogP contribution in [-0.2, 0) is 9.53 Å². The molecule has 1 aliphatic rings. The van der Waals surface area contributed by atoms with Crippen molar-refractivity contribution in [1.29, 1.82) is 0 Å². The maximum absolute atomic E-state index is 12.4. The normalized spacial score (nSPS) is 18.4. The third-order valence-electron chi connectivity index (χ3n) is 3.15. The molecule has 1 saturated heterocycles. The minimum absolute atomic E-state index is 0.194. The smallest absolute Gasteiger partial charge is 0.328 e. The number of carbonyl (C=O) groups excluding carboxylic acids is 2. The summed E-state index contributed by atoms with van der Waals surface area (Å²) in [7, 11) is 1.33. The first-order chi connectivity index (χ1) is 9.02. The zero-order chi connectivity index (χ0) is 14.0. The first kappa shape index (κ1) is 13.9. The topological polar surface area (TPSA) is 72.6 Å². The van der Waals surface area contributed by atoms with Crippen LogP contribution in [0, 0.1) is 0 Å². The highest BCUT2D eigenvalue weighted by Crippen LogP contribution is 2.24. The predicted octanol–water partition coefficient (Wildman–Crippen LogP) is 1.81. The Labute approximate surface area is 119 Å². The van der Waals surface area contributed by atoms with Crippen molar-refractivity contribution < 1.29 is 14.3 Å². The van der Waals surface area contributed by atoms with Gasteiger partial charge < -0.3 is 15.4 Å². The summed E-state index contributed by atoms with van der Waals surface area (Å²) in [4.78, 5) is 25.6. The van der Waals surface area contributed by atoms with Gasteiger partial charge in [-0.3, -0.25) is 4.79 Å². The molecule has 19 heavy (non-hydrogen) atoms. The summed E-state index contributed by atoms with van der Waals surface area (Å²) in [6.45, 7) is 0.561. The number of likely N-dealkylation sites (tertiary alicyclic amines) is 1. The van der Waals surface area contributed by atoms with Crippen LogP contribution in [0.25, 0.3) is 0 Å². The monoisotopic (exact) mass is 326 g/mol. The molecule has 0 aromatic heterocycles. The fraction of sp³-hybridized carbons (Fsp3) is 0.385. The molecule has 0 radical (unpaired) electrons. The van der Waals surface area contributed by atoms with Crippen molar-refractivity contribution >= 4 is 33.5 Å². The van der Waals surface area contributed by atoms with E-state index in [0.717, 1.165) is 10.9 Å². The summed E-state index contributed by atoms with van der Waals surface area (Å²) in [5.74, 6) is -0.560. The van der Waals surface area contributed by atoms with Crippen LogP contribution in [0.5, 0.6) is 0 Å². The van der Waals surface area contributed by atoms with E-state index in [1.807, 2.05) is 0 Å². The molecule has 2 rings (SSSR count). The van der Waals surface area contributed by atoms with Crippen LogP contribution in [0.15, 0.2) is 22.7 Å². The molecule has 1 unspecified atom stereocenters. The number of anilines is 1. The van der Waals surface area contributed by atoms with Crippen LogP contribution in [0.3, 0.4) is 0 Å². The number of methoxy groups -OCH3 is 1. The SMILES string of the molecule is COC(=O)C1CCCN1C(=O)c1cc(N)cc(Br)c1. The van der Waals surface area contributed by atoms with Gasteiger partial charge in [0.25, 0.3) is 5.91 Å². The van der Waals surface area contributed by atoms with Gasteiger partial charge in [0, 0.05) is 22.3 Å². The van der Waals surface area contributed by atoms with Gasteiger partial charge >= 0.3 is 5.97 Å². The molecule has 1 aromatic rings. The Kier molecular flexibility index (Phi) is 4.09. The quantitative estimate of drug-likeness (QED) is 0.664. The highest BCUT2D eigenvalue weighted by atomic mass is 79.9. The number of hydrogen-bond donors (Lipinski definition) is 1. The number of nitrogen functional groups attached to an aromatic ring is 1. The van der Waals surface area contributed by atoms with E-state index >= 15 is 0 Å². The molecule has 1 aromatic carbocycles. The lowest BCUT2D eigenvalue weighted by Gasteiger charge is -2.22. The number of carbonyl (C=O) groups is 2. The minimum atomic E-state index is -0.488. The Morgan fingerprint density at radius 1 is 1.42 bits per heavy atom. The second-order valence-electron chi connectivity index (χ2n) is 4.45. The number of benzene rings is 1. The maximum Gasteiger partial charge on any atom is 0.328 e. The summed E-state index contributed by atoms with van der Waals surface area (Å²) < 4.78 is 5.47. The third-order valence-corrected chi connectivity index (χ3v) is 3.61. The lowest BCUT2D eigenvalue weighted by Crippen LogP contribution is -2.41. The Bertz CT molecular complexity index is 498. The van der Waals surface area contributed by atoms with Gasteiger partial charge in [-0.15, -0.1) is 0 Å². The Balaban J connectivity index is 2.25. The van der Waals surface area contributed by atoms with Gasteiger partial charge in [-0.25, -0.2) is 4.79 Å². The van der Waals surface area contributed by atoms with Crippen molar-refractivity contribution in [3.8, 4) is 0 Å². The van der Waals surface area contributed by atoms with Crippen LogP contribution in [0.4, 0.5) is 5.69 Å². The van der Waals surface area contributed by atoms with E-state index in [0.29, 0.717) is 24.2 Å². The Morgan fingerprint density at radius 3 is 2.79 bits per heavy atom. The first-order valence-corrected chi connectivity index (χ1v) is 6.77. The van der Waals surface area contributed by atoms with E-state index in [1.165, 1.54) is 7.11 Å². The van der Waals surface area contributed by atoms with E-state index in [-0.39, 0.29) is 11.9 Å². The van der Waals surface area contributed by atoms with Crippen LogP contribution in [-0.4, -0.2) is 36.5 Å². The zero-order valence-electron chi connectivity index (χ0n) is 10.6. The van der Waals surface area contributed by atoms with Crippen LogP contribution in [0.1, 0.15) is 23.2 Å². The lowest BCUT2D eigenvalue weighted by atomic mass is 10.1. The highest BCUT2D eigenvalue weighted by molar-refractivity contribution is 9.10. The fourth-order valence-electron chi connectivity index (χ4n) is 2.29. The summed E-state index contributed by atoms with van der Waals surface area (Å²) in [6, 6.07) is 4.54. The first-order valence-electron chi connectivity index (χ1n) is 5.98. The van der Waals surface area contributed by atoms with E-state index in [1.54, 1.807) is 23.1 Å². The molecular formula is C13H15BrN2O3. The molecule has 0 spiro atoms. The van der Waals surface area contributed by atoms with Crippen molar-refractivity contribution in [2.45, 2.75) is 18.9 Å². The van der Waals surface area contributed by atoms with E-state index in [9.17, 15) is 9.59 Å². The molecule has 5 nitrogen and oxygen atoms in total. The molecule has 1 aliphatic heterocycles. The van der Waals surface area contributed by atoms with Gasteiger partial charge in [0.15, 0.2) is 0 Å². The summed E-state index contributed by atoms with van der Waals surface area (Å²) >= 11 is 3.31. The van der Waals surface area contributed by atoms with Gasteiger partial charge in [0.1, 0.15) is 6.04 Å². The van der Waals surface area contributed by atoms with Crippen molar-refractivity contribution in [2.24, 2.45) is 0 Å². The highest BCUT2D eigenvalue weighted by Gasteiger charge is 2.35. The average molecular weight is 327 g/mol. The molecule has 0 bridgehead atoms. The van der Waals surface area contributed by atoms with E-state index < -0.39 is 6.04 Å². The van der Waals surface area contributed by atoms with Gasteiger partial charge in [-0.05, 0) is 31.0 Å². The molecule has 1 heterocycles. The summed E-state index contributed by atoms with van der Waals surface area (Å²) in [6.07, 6.45) is 1.44. The maximum atomic E-state index is 12.4.